The van der Waals surface area contributed by atoms with Crippen molar-refractivity contribution in [3.8, 4) is 0 Å². The summed E-state index contributed by atoms with van der Waals surface area (Å²) in [5.74, 6) is 2.51. The Morgan fingerprint density at radius 1 is 1.20 bits per heavy atom. The lowest BCUT2D eigenvalue weighted by Gasteiger charge is -2.26. The molecule has 0 heterocycles. The van der Waals surface area contributed by atoms with Gasteiger partial charge in [-0.2, -0.15) is 0 Å². The van der Waals surface area contributed by atoms with E-state index in [4.69, 9.17) is 0 Å². The lowest BCUT2D eigenvalue weighted by Crippen LogP contribution is -2.38. The summed E-state index contributed by atoms with van der Waals surface area (Å²) >= 11 is 0. The number of rotatable bonds is 6. The molecule has 1 aliphatic rings. The molecule has 25 heavy (non-hydrogen) atoms. The van der Waals surface area contributed by atoms with Gasteiger partial charge in [0.15, 0.2) is 5.96 Å². The van der Waals surface area contributed by atoms with Crippen molar-refractivity contribution >= 4 is 11.9 Å². The van der Waals surface area contributed by atoms with Crippen LogP contribution in [0.25, 0.3) is 0 Å². The summed E-state index contributed by atoms with van der Waals surface area (Å²) in [7, 11) is 3.44. The number of amides is 1. The van der Waals surface area contributed by atoms with E-state index in [0.29, 0.717) is 12.1 Å². The second-order valence-electron chi connectivity index (χ2n) is 7.06. The van der Waals surface area contributed by atoms with E-state index >= 15 is 0 Å². The maximum atomic E-state index is 11.6. The van der Waals surface area contributed by atoms with Crippen LogP contribution in [0.15, 0.2) is 29.3 Å². The lowest BCUT2D eigenvalue weighted by atomic mass is 9.81. The van der Waals surface area contributed by atoms with Crippen molar-refractivity contribution in [2.45, 2.75) is 45.6 Å². The van der Waals surface area contributed by atoms with E-state index in [1.54, 1.807) is 14.1 Å². The number of nitrogens with one attached hydrogen (secondary N) is 3. The highest BCUT2D eigenvalue weighted by Gasteiger charge is 2.18. The molecule has 1 saturated carbocycles. The average Bonchev–Trinajstić information content (AvgIpc) is 2.64. The number of benzene rings is 1. The minimum absolute atomic E-state index is 0.0611. The number of hydrogen-bond donors (Lipinski definition) is 3. The predicted molar refractivity (Wildman–Crippen MR) is 104 cm³/mol. The van der Waals surface area contributed by atoms with Crippen molar-refractivity contribution in [3.05, 3.63) is 35.4 Å². The molecule has 2 rings (SSSR count). The molecule has 3 N–H and O–H groups in total. The van der Waals surface area contributed by atoms with Gasteiger partial charge in [-0.1, -0.05) is 38.3 Å². The Bertz CT molecular complexity index is 568. The fourth-order valence-electron chi connectivity index (χ4n) is 3.54. The number of hydrogen-bond acceptors (Lipinski definition) is 2. The lowest BCUT2D eigenvalue weighted by molar-refractivity contribution is 0.0963. The first-order chi connectivity index (χ1) is 12.1. The molecule has 0 spiro atoms. The molecule has 0 bridgehead atoms. The van der Waals surface area contributed by atoms with E-state index in [1.165, 1.54) is 32.1 Å². The maximum Gasteiger partial charge on any atom is 0.251 e. The molecule has 1 fully saturated rings. The normalized spacial score (nSPS) is 20.8. The third-order valence-corrected chi connectivity index (χ3v) is 5.02. The topological polar surface area (TPSA) is 65.5 Å². The van der Waals surface area contributed by atoms with Crippen LogP contribution in [-0.2, 0) is 6.54 Å². The van der Waals surface area contributed by atoms with Gasteiger partial charge in [-0.15, -0.1) is 0 Å². The molecule has 0 aromatic heterocycles. The molecule has 0 saturated heterocycles. The van der Waals surface area contributed by atoms with E-state index in [1.807, 2.05) is 24.3 Å². The third kappa shape index (κ3) is 6.40. The van der Waals surface area contributed by atoms with E-state index < -0.39 is 0 Å². The van der Waals surface area contributed by atoms with E-state index in [0.717, 1.165) is 29.9 Å². The van der Waals surface area contributed by atoms with Crippen LogP contribution in [0.1, 0.15) is 54.9 Å². The molecule has 2 atom stereocenters. The zero-order chi connectivity index (χ0) is 18.1. The summed E-state index contributed by atoms with van der Waals surface area (Å²) in [5.41, 5.74) is 1.80. The fraction of sp³-hybridized carbons (Fsp3) is 0.600. The Morgan fingerprint density at radius 2 is 1.96 bits per heavy atom. The smallest absolute Gasteiger partial charge is 0.251 e. The summed E-state index contributed by atoms with van der Waals surface area (Å²) in [6.07, 6.45) is 6.73. The van der Waals surface area contributed by atoms with Crippen molar-refractivity contribution in [1.29, 1.82) is 0 Å². The van der Waals surface area contributed by atoms with Crippen LogP contribution in [0.3, 0.4) is 0 Å². The summed E-state index contributed by atoms with van der Waals surface area (Å²) in [4.78, 5) is 15.8. The van der Waals surface area contributed by atoms with Gasteiger partial charge < -0.3 is 16.0 Å². The van der Waals surface area contributed by atoms with Crippen LogP contribution in [0, 0.1) is 11.8 Å². The highest BCUT2D eigenvalue weighted by molar-refractivity contribution is 5.93. The second kappa shape index (κ2) is 10.1. The number of aliphatic imine (C=N–C) groups is 1. The summed E-state index contributed by atoms with van der Waals surface area (Å²) in [5, 5.41) is 9.38. The van der Waals surface area contributed by atoms with Gasteiger partial charge in [-0.3, -0.25) is 9.79 Å². The molecule has 138 valence electrons. The Morgan fingerprint density at radius 3 is 2.60 bits per heavy atom. The number of carbonyl (C=O) groups excluding carboxylic acids is 1. The van der Waals surface area contributed by atoms with Gasteiger partial charge in [0.2, 0.25) is 0 Å². The standard InChI is InChI=1S/C20H32N4O/c1-15-5-4-6-16(13-15)11-12-23-20(22-3)24-14-17-7-9-18(10-8-17)19(25)21-2/h7-10,15-16H,4-6,11-14H2,1-3H3,(H,21,25)(H2,22,23,24). The SMILES string of the molecule is CN=C(NCCC1CCCC(C)C1)NCc1ccc(C(=O)NC)cc1. The van der Waals surface area contributed by atoms with E-state index in [-0.39, 0.29) is 5.91 Å². The largest absolute Gasteiger partial charge is 0.356 e. The zero-order valence-corrected chi connectivity index (χ0v) is 15.8. The van der Waals surface area contributed by atoms with Crippen LogP contribution >= 0.6 is 0 Å². The maximum absolute atomic E-state index is 11.6. The van der Waals surface area contributed by atoms with Crippen molar-refractivity contribution < 1.29 is 4.79 Å². The van der Waals surface area contributed by atoms with Crippen molar-refractivity contribution in [2.75, 3.05) is 20.6 Å². The summed E-state index contributed by atoms with van der Waals surface area (Å²) < 4.78 is 0. The molecular weight excluding hydrogens is 312 g/mol. The molecule has 2 unspecified atom stereocenters. The fourth-order valence-corrected chi connectivity index (χ4v) is 3.54. The molecule has 1 aromatic rings. The molecule has 5 nitrogen and oxygen atoms in total. The van der Waals surface area contributed by atoms with E-state index in [2.05, 4.69) is 27.9 Å². The third-order valence-electron chi connectivity index (χ3n) is 5.02. The highest BCUT2D eigenvalue weighted by atomic mass is 16.1. The molecule has 1 aromatic carbocycles. The average molecular weight is 345 g/mol. The molecule has 0 radical (unpaired) electrons. The second-order valence-corrected chi connectivity index (χ2v) is 7.06. The Kier molecular flexibility index (Phi) is 7.76. The van der Waals surface area contributed by atoms with Crippen LogP contribution in [0.5, 0.6) is 0 Å². The quantitative estimate of drug-likeness (QED) is 0.549. The Hall–Kier alpha value is -2.04. The number of nitrogens with zero attached hydrogens (tertiary/aromatic N) is 1. The first-order valence-electron chi connectivity index (χ1n) is 9.38. The minimum Gasteiger partial charge on any atom is -0.356 e. The summed E-state index contributed by atoms with van der Waals surface area (Å²) in [6.45, 7) is 4.02. The van der Waals surface area contributed by atoms with Crippen molar-refractivity contribution in [2.24, 2.45) is 16.8 Å². The van der Waals surface area contributed by atoms with Crippen LogP contribution in [0.4, 0.5) is 0 Å². The van der Waals surface area contributed by atoms with Crippen molar-refractivity contribution in [3.63, 3.8) is 0 Å². The van der Waals surface area contributed by atoms with Crippen LogP contribution in [-0.4, -0.2) is 32.5 Å². The van der Waals surface area contributed by atoms with Crippen LogP contribution in [0.2, 0.25) is 0 Å². The van der Waals surface area contributed by atoms with Gasteiger partial charge in [-0.05, 0) is 42.4 Å². The molecule has 1 aliphatic carbocycles. The predicted octanol–water partition coefficient (Wildman–Crippen LogP) is 2.93. The molecule has 1 amide bonds. The van der Waals surface area contributed by atoms with E-state index in [9.17, 15) is 4.79 Å². The van der Waals surface area contributed by atoms with Gasteiger partial charge in [-0.25, -0.2) is 0 Å². The number of carbonyl (C=O) groups is 1. The number of guanidine groups is 1. The summed E-state index contributed by atoms with van der Waals surface area (Å²) in [6, 6.07) is 7.62. The molecular formula is C20H32N4O. The highest BCUT2D eigenvalue weighted by Crippen LogP contribution is 2.30. The molecule has 5 heteroatoms. The van der Waals surface area contributed by atoms with Gasteiger partial charge in [0.1, 0.15) is 0 Å². The van der Waals surface area contributed by atoms with Crippen molar-refractivity contribution in [1.82, 2.24) is 16.0 Å². The Balaban J connectivity index is 1.72. The first kappa shape index (κ1) is 19.3. The molecule has 0 aliphatic heterocycles. The van der Waals surface area contributed by atoms with Gasteiger partial charge >= 0.3 is 0 Å². The van der Waals surface area contributed by atoms with Gasteiger partial charge in [0.05, 0.1) is 0 Å². The zero-order valence-electron chi connectivity index (χ0n) is 15.8. The first-order valence-corrected chi connectivity index (χ1v) is 9.38. The van der Waals surface area contributed by atoms with Gasteiger partial charge in [0.25, 0.3) is 5.91 Å². The minimum atomic E-state index is -0.0611. The monoisotopic (exact) mass is 344 g/mol. The van der Waals surface area contributed by atoms with Gasteiger partial charge in [0, 0.05) is 32.7 Å². The Labute approximate surface area is 151 Å². The van der Waals surface area contributed by atoms with Crippen LogP contribution < -0.4 is 16.0 Å².